The summed E-state index contributed by atoms with van der Waals surface area (Å²) in [4.78, 5) is 0. The van der Waals surface area contributed by atoms with Gasteiger partial charge in [-0.3, -0.25) is 0 Å². The van der Waals surface area contributed by atoms with Crippen LogP contribution in [0.25, 0.3) is 17.8 Å². The van der Waals surface area contributed by atoms with Crippen LogP contribution < -0.4 is 0 Å². The summed E-state index contributed by atoms with van der Waals surface area (Å²) >= 11 is 0. The zero-order valence-electron chi connectivity index (χ0n) is 11.6. The molecular weight excluding hydrogens is 276 g/mol. The highest BCUT2D eigenvalue weighted by Gasteiger charge is 2.11. The van der Waals surface area contributed by atoms with E-state index in [1.54, 1.807) is 35.0 Å². The third-order valence-corrected chi connectivity index (χ3v) is 3.14. The van der Waals surface area contributed by atoms with Crippen LogP contribution >= 0.6 is 0 Å². The standard InChI is InChI=1S/C17H12N4O/c18-12-16-17(11-6-13-4-2-1-3-5-13)21(20-19-16)14-7-9-15(22)10-8-14/h1-11,22H/b11-6+. The third kappa shape index (κ3) is 2.72. The number of phenolic OH excluding ortho intramolecular Hbond substituents is 1. The molecule has 3 aromatic rings. The molecule has 2 aromatic carbocycles. The van der Waals surface area contributed by atoms with Crippen LogP contribution in [0.1, 0.15) is 17.0 Å². The number of aromatic hydroxyl groups is 1. The summed E-state index contributed by atoms with van der Waals surface area (Å²) < 4.78 is 1.57. The highest BCUT2D eigenvalue weighted by Crippen LogP contribution is 2.18. The Labute approximate surface area is 127 Å². The van der Waals surface area contributed by atoms with Crippen LogP contribution in [0.15, 0.2) is 54.6 Å². The lowest BCUT2D eigenvalue weighted by Crippen LogP contribution is -1.99. The van der Waals surface area contributed by atoms with Gasteiger partial charge in [-0.25, -0.2) is 4.68 Å². The minimum absolute atomic E-state index is 0.172. The van der Waals surface area contributed by atoms with E-state index >= 15 is 0 Å². The van der Waals surface area contributed by atoms with Crippen molar-refractivity contribution in [1.29, 1.82) is 5.26 Å². The Morgan fingerprint density at radius 2 is 1.73 bits per heavy atom. The van der Waals surface area contributed by atoms with Gasteiger partial charge in [0.2, 0.25) is 0 Å². The number of nitriles is 1. The molecule has 0 fully saturated rings. The van der Waals surface area contributed by atoms with Crippen molar-refractivity contribution in [2.75, 3.05) is 0 Å². The molecule has 0 bridgehead atoms. The first-order valence-electron chi connectivity index (χ1n) is 6.66. The number of rotatable bonds is 3. The summed E-state index contributed by atoms with van der Waals surface area (Å²) in [6, 6.07) is 18.4. The van der Waals surface area contributed by atoms with E-state index in [0.717, 1.165) is 11.3 Å². The predicted octanol–water partition coefficient (Wildman–Crippen LogP) is 3.01. The quantitative estimate of drug-likeness (QED) is 0.804. The lowest BCUT2D eigenvalue weighted by molar-refractivity contribution is 0.475. The van der Waals surface area contributed by atoms with Gasteiger partial charge in [0.1, 0.15) is 17.5 Å². The predicted molar refractivity (Wildman–Crippen MR) is 83.1 cm³/mol. The van der Waals surface area contributed by atoms with Gasteiger partial charge in [-0.2, -0.15) is 5.26 Å². The average Bonchev–Trinajstić information content (AvgIpc) is 2.97. The monoisotopic (exact) mass is 288 g/mol. The van der Waals surface area contributed by atoms with Crippen molar-refractivity contribution in [2.24, 2.45) is 0 Å². The fraction of sp³-hybridized carbons (Fsp3) is 0. The minimum atomic E-state index is 0.172. The maximum Gasteiger partial charge on any atom is 0.190 e. The van der Waals surface area contributed by atoms with Crippen LogP contribution in [0.2, 0.25) is 0 Å². The molecule has 0 aliphatic rings. The van der Waals surface area contributed by atoms with Gasteiger partial charge in [0.05, 0.1) is 5.69 Å². The first-order valence-corrected chi connectivity index (χ1v) is 6.66. The van der Waals surface area contributed by atoms with Crippen molar-refractivity contribution in [3.8, 4) is 17.5 Å². The third-order valence-electron chi connectivity index (χ3n) is 3.14. The maximum atomic E-state index is 9.36. The highest BCUT2D eigenvalue weighted by atomic mass is 16.3. The summed E-state index contributed by atoms with van der Waals surface area (Å²) in [7, 11) is 0. The lowest BCUT2D eigenvalue weighted by Gasteiger charge is -2.03. The van der Waals surface area contributed by atoms with E-state index in [2.05, 4.69) is 10.3 Å². The Kier molecular flexibility index (Phi) is 3.67. The van der Waals surface area contributed by atoms with Crippen molar-refractivity contribution in [1.82, 2.24) is 15.0 Å². The Hall–Kier alpha value is -3.39. The van der Waals surface area contributed by atoms with Gasteiger partial charge >= 0.3 is 0 Å². The van der Waals surface area contributed by atoms with Gasteiger partial charge in [0.15, 0.2) is 5.69 Å². The molecule has 5 heteroatoms. The number of aromatic nitrogens is 3. The maximum absolute atomic E-state index is 9.36. The van der Waals surface area contributed by atoms with Crippen LogP contribution in [0.5, 0.6) is 5.75 Å². The van der Waals surface area contributed by atoms with Crippen LogP contribution in [0.4, 0.5) is 0 Å². The molecule has 106 valence electrons. The number of benzene rings is 2. The van der Waals surface area contributed by atoms with Crippen LogP contribution in [0, 0.1) is 11.3 Å². The van der Waals surface area contributed by atoms with E-state index in [9.17, 15) is 10.4 Å². The van der Waals surface area contributed by atoms with E-state index in [1.165, 1.54) is 0 Å². The molecule has 0 aliphatic carbocycles. The van der Waals surface area contributed by atoms with Crippen molar-refractivity contribution < 1.29 is 5.11 Å². The molecule has 0 unspecified atom stereocenters. The summed E-state index contributed by atoms with van der Waals surface area (Å²) in [5, 5.41) is 26.4. The molecule has 0 saturated carbocycles. The first-order chi connectivity index (χ1) is 10.8. The molecule has 5 nitrogen and oxygen atoms in total. The number of hydrogen-bond acceptors (Lipinski definition) is 4. The summed E-state index contributed by atoms with van der Waals surface area (Å²) in [5.41, 5.74) is 2.58. The second kappa shape index (κ2) is 5.94. The molecular formula is C17H12N4O. The largest absolute Gasteiger partial charge is 0.508 e. The number of hydrogen-bond donors (Lipinski definition) is 1. The zero-order chi connectivity index (χ0) is 15.4. The molecule has 0 amide bonds. The highest BCUT2D eigenvalue weighted by molar-refractivity contribution is 5.70. The van der Waals surface area contributed by atoms with E-state index in [0.29, 0.717) is 5.69 Å². The van der Waals surface area contributed by atoms with Crippen LogP contribution in [0.3, 0.4) is 0 Å². The Morgan fingerprint density at radius 1 is 1.00 bits per heavy atom. The molecule has 0 saturated heterocycles. The van der Waals surface area contributed by atoms with E-state index in [4.69, 9.17) is 0 Å². The molecule has 0 atom stereocenters. The molecule has 3 rings (SSSR count). The topological polar surface area (TPSA) is 74.7 Å². The minimum Gasteiger partial charge on any atom is -0.508 e. The van der Waals surface area contributed by atoms with Gasteiger partial charge in [-0.15, -0.1) is 5.10 Å². The summed E-state index contributed by atoms with van der Waals surface area (Å²) in [6.07, 6.45) is 3.71. The Morgan fingerprint density at radius 3 is 2.41 bits per heavy atom. The molecule has 1 aromatic heterocycles. The van der Waals surface area contributed by atoms with E-state index in [-0.39, 0.29) is 11.4 Å². The fourth-order valence-electron chi connectivity index (χ4n) is 2.04. The Balaban J connectivity index is 2.03. The molecule has 0 spiro atoms. The summed E-state index contributed by atoms with van der Waals surface area (Å²) in [5.74, 6) is 0.172. The van der Waals surface area contributed by atoms with Gasteiger partial charge in [-0.05, 0) is 35.9 Å². The number of nitrogens with zero attached hydrogens (tertiary/aromatic N) is 4. The number of phenols is 1. The van der Waals surface area contributed by atoms with Crippen molar-refractivity contribution >= 4 is 12.2 Å². The molecule has 22 heavy (non-hydrogen) atoms. The van der Waals surface area contributed by atoms with E-state index < -0.39 is 0 Å². The van der Waals surface area contributed by atoms with Crippen molar-refractivity contribution in [2.45, 2.75) is 0 Å². The molecule has 1 heterocycles. The second-order valence-corrected chi connectivity index (χ2v) is 4.61. The summed E-state index contributed by atoms with van der Waals surface area (Å²) in [6.45, 7) is 0. The SMILES string of the molecule is N#Cc1nnn(-c2ccc(O)cc2)c1/C=C/c1ccccc1. The van der Waals surface area contributed by atoms with Crippen molar-refractivity contribution in [3.05, 3.63) is 71.5 Å². The van der Waals surface area contributed by atoms with Crippen molar-refractivity contribution in [3.63, 3.8) is 0 Å². The second-order valence-electron chi connectivity index (χ2n) is 4.61. The fourth-order valence-corrected chi connectivity index (χ4v) is 2.04. The van der Waals surface area contributed by atoms with Gasteiger partial charge in [0.25, 0.3) is 0 Å². The molecule has 0 radical (unpaired) electrons. The molecule has 0 aliphatic heterocycles. The van der Waals surface area contributed by atoms with E-state index in [1.807, 2.05) is 42.5 Å². The first kappa shape index (κ1) is 13.6. The molecule has 1 N–H and O–H groups in total. The Bertz CT molecular complexity index is 843. The van der Waals surface area contributed by atoms with Gasteiger partial charge in [-0.1, -0.05) is 41.6 Å². The lowest BCUT2D eigenvalue weighted by atomic mass is 10.2. The smallest absolute Gasteiger partial charge is 0.190 e. The zero-order valence-corrected chi connectivity index (χ0v) is 11.6. The average molecular weight is 288 g/mol. The van der Waals surface area contributed by atoms with Crippen LogP contribution in [-0.2, 0) is 0 Å². The van der Waals surface area contributed by atoms with Gasteiger partial charge < -0.3 is 5.11 Å². The normalized spacial score (nSPS) is 10.7. The van der Waals surface area contributed by atoms with Crippen LogP contribution in [-0.4, -0.2) is 20.1 Å². The van der Waals surface area contributed by atoms with Gasteiger partial charge in [0, 0.05) is 0 Å².